The summed E-state index contributed by atoms with van der Waals surface area (Å²) < 4.78 is 0. The number of anilines is 1. The Morgan fingerprint density at radius 2 is 2.31 bits per heavy atom. The van der Waals surface area contributed by atoms with Crippen molar-refractivity contribution in [2.75, 3.05) is 11.5 Å². The van der Waals surface area contributed by atoms with Crippen LogP contribution < -0.4 is 5.73 Å². The van der Waals surface area contributed by atoms with E-state index in [1.165, 1.54) is 23.9 Å². The summed E-state index contributed by atoms with van der Waals surface area (Å²) in [7, 11) is 0. The zero-order chi connectivity index (χ0) is 9.84. The van der Waals surface area contributed by atoms with Crippen LogP contribution in [0.5, 0.6) is 0 Å². The van der Waals surface area contributed by atoms with Gasteiger partial charge in [-0.25, -0.2) is 0 Å². The van der Waals surface area contributed by atoms with Gasteiger partial charge < -0.3 is 5.73 Å². The highest BCUT2D eigenvalue weighted by molar-refractivity contribution is 7.99. The molecule has 0 heterocycles. The molecule has 0 amide bonds. The summed E-state index contributed by atoms with van der Waals surface area (Å²) in [5, 5.41) is 10.6. The zero-order valence-electron chi connectivity index (χ0n) is 7.19. The molecule has 0 aliphatic carbocycles. The minimum Gasteiger partial charge on any atom is -0.399 e. The lowest BCUT2D eigenvalue weighted by atomic mass is 10.3. The first-order chi connectivity index (χ1) is 6.15. The van der Waals surface area contributed by atoms with Gasteiger partial charge in [0.2, 0.25) is 0 Å². The Bertz CT molecular complexity index is 328. The third kappa shape index (κ3) is 2.35. The van der Waals surface area contributed by atoms with Gasteiger partial charge in [0.15, 0.2) is 0 Å². The molecule has 0 aliphatic heterocycles. The summed E-state index contributed by atoms with van der Waals surface area (Å²) >= 11 is 1.42. The smallest absolute Gasteiger partial charge is 0.283 e. The molecule has 0 radical (unpaired) electrons. The molecular weight excluding hydrogens is 188 g/mol. The van der Waals surface area contributed by atoms with Gasteiger partial charge in [-0.3, -0.25) is 10.1 Å². The number of nitro benzene ring substituents is 1. The van der Waals surface area contributed by atoms with Crippen molar-refractivity contribution < 1.29 is 4.92 Å². The van der Waals surface area contributed by atoms with E-state index in [0.29, 0.717) is 10.6 Å². The molecule has 0 atom stereocenters. The Balaban J connectivity index is 3.10. The second-order valence-corrected chi connectivity index (χ2v) is 3.72. The Kier molecular flexibility index (Phi) is 3.13. The number of nitrogens with two attached hydrogens (primary N) is 1. The number of thioether (sulfide) groups is 1. The third-order valence-corrected chi connectivity index (χ3v) is 2.41. The molecule has 70 valence electrons. The van der Waals surface area contributed by atoms with Gasteiger partial charge in [0.05, 0.1) is 9.82 Å². The van der Waals surface area contributed by atoms with Crippen LogP contribution in [-0.2, 0) is 0 Å². The molecule has 0 bridgehead atoms. The van der Waals surface area contributed by atoms with Gasteiger partial charge in [-0.2, -0.15) is 0 Å². The van der Waals surface area contributed by atoms with Crippen LogP contribution in [0.25, 0.3) is 0 Å². The summed E-state index contributed by atoms with van der Waals surface area (Å²) in [5.41, 5.74) is 6.20. The van der Waals surface area contributed by atoms with Crippen molar-refractivity contribution in [2.45, 2.75) is 11.8 Å². The molecule has 5 heteroatoms. The molecule has 13 heavy (non-hydrogen) atoms. The number of nitrogens with zero attached hydrogens (tertiary/aromatic N) is 1. The predicted molar refractivity (Wildman–Crippen MR) is 53.9 cm³/mol. The molecule has 2 N–H and O–H groups in total. The first kappa shape index (κ1) is 9.85. The quantitative estimate of drug-likeness (QED) is 0.350. The molecular formula is C8H10N2O2S. The first-order valence-corrected chi connectivity index (χ1v) is 4.80. The highest BCUT2D eigenvalue weighted by Crippen LogP contribution is 2.30. The standard InChI is InChI=1S/C8H10N2O2S/c1-2-13-8-5-6(9)3-4-7(8)10(11)12/h3-5H,2,9H2,1H3. The minimum atomic E-state index is -0.391. The molecule has 0 aromatic heterocycles. The van der Waals surface area contributed by atoms with Crippen molar-refractivity contribution in [2.24, 2.45) is 0 Å². The summed E-state index contributed by atoms with van der Waals surface area (Å²) in [6, 6.07) is 4.61. The van der Waals surface area contributed by atoms with Crippen molar-refractivity contribution in [3.63, 3.8) is 0 Å². The summed E-state index contributed by atoms with van der Waals surface area (Å²) in [6.07, 6.45) is 0. The van der Waals surface area contributed by atoms with Crippen molar-refractivity contribution in [3.05, 3.63) is 28.3 Å². The average molecular weight is 198 g/mol. The summed E-state index contributed by atoms with van der Waals surface area (Å²) in [4.78, 5) is 10.8. The van der Waals surface area contributed by atoms with E-state index in [1.54, 1.807) is 6.07 Å². The highest BCUT2D eigenvalue weighted by Gasteiger charge is 2.12. The summed E-state index contributed by atoms with van der Waals surface area (Å²) in [6.45, 7) is 1.94. The van der Waals surface area contributed by atoms with Crippen LogP contribution in [0, 0.1) is 10.1 Å². The van der Waals surface area contributed by atoms with Crippen molar-refractivity contribution in [3.8, 4) is 0 Å². The molecule has 1 aromatic rings. The van der Waals surface area contributed by atoms with Crippen LogP contribution in [0.1, 0.15) is 6.92 Å². The number of hydrogen-bond donors (Lipinski definition) is 1. The topological polar surface area (TPSA) is 69.2 Å². The second-order valence-electron chi connectivity index (χ2n) is 2.42. The highest BCUT2D eigenvalue weighted by atomic mass is 32.2. The molecule has 1 aromatic carbocycles. The van der Waals surface area contributed by atoms with Gasteiger partial charge in [-0.15, -0.1) is 11.8 Å². The Labute approximate surface area is 80.3 Å². The van der Waals surface area contributed by atoms with Crippen molar-refractivity contribution >= 4 is 23.1 Å². The van der Waals surface area contributed by atoms with E-state index in [1.807, 2.05) is 6.92 Å². The largest absolute Gasteiger partial charge is 0.399 e. The van der Waals surface area contributed by atoms with Crippen LogP contribution in [-0.4, -0.2) is 10.7 Å². The van der Waals surface area contributed by atoms with E-state index in [2.05, 4.69) is 0 Å². The predicted octanol–water partition coefficient (Wildman–Crippen LogP) is 2.29. The maximum atomic E-state index is 10.6. The number of benzene rings is 1. The van der Waals surface area contributed by atoms with E-state index >= 15 is 0 Å². The van der Waals surface area contributed by atoms with Gasteiger partial charge in [0.25, 0.3) is 5.69 Å². The van der Waals surface area contributed by atoms with Gasteiger partial charge >= 0.3 is 0 Å². The van der Waals surface area contributed by atoms with Crippen LogP contribution in [0.2, 0.25) is 0 Å². The average Bonchev–Trinajstić information content (AvgIpc) is 2.04. The lowest BCUT2D eigenvalue weighted by Gasteiger charge is -2.01. The Morgan fingerprint density at radius 1 is 1.62 bits per heavy atom. The van der Waals surface area contributed by atoms with Gasteiger partial charge in [-0.1, -0.05) is 6.92 Å². The number of nitrogen functional groups attached to an aromatic ring is 1. The third-order valence-electron chi connectivity index (χ3n) is 1.48. The van der Waals surface area contributed by atoms with Crippen molar-refractivity contribution in [1.29, 1.82) is 0 Å². The first-order valence-electron chi connectivity index (χ1n) is 3.82. The minimum absolute atomic E-state index is 0.126. The number of nitro groups is 1. The van der Waals surface area contributed by atoms with Gasteiger partial charge in [0.1, 0.15) is 0 Å². The second kappa shape index (κ2) is 4.13. The molecule has 0 spiro atoms. The monoisotopic (exact) mass is 198 g/mol. The van der Waals surface area contributed by atoms with E-state index < -0.39 is 4.92 Å². The molecule has 4 nitrogen and oxygen atoms in total. The van der Waals surface area contributed by atoms with Gasteiger partial charge in [-0.05, 0) is 17.9 Å². The Morgan fingerprint density at radius 3 is 2.85 bits per heavy atom. The SMILES string of the molecule is CCSc1cc(N)ccc1[N+](=O)[O-]. The van der Waals surface area contributed by atoms with E-state index in [4.69, 9.17) is 5.73 Å². The lowest BCUT2D eigenvalue weighted by molar-refractivity contribution is -0.387. The maximum Gasteiger partial charge on any atom is 0.283 e. The van der Waals surface area contributed by atoms with Gasteiger partial charge in [0, 0.05) is 11.8 Å². The van der Waals surface area contributed by atoms with E-state index in [9.17, 15) is 10.1 Å². The maximum absolute atomic E-state index is 10.6. The van der Waals surface area contributed by atoms with Crippen LogP contribution in [0.15, 0.2) is 23.1 Å². The molecule has 1 rings (SSSR count). The zero-order valence-corrected chi connectivity index (χ0v) is 8.00. The molecule has 0 saturated carbocycles. The molecule has 0 unspecified atom stereocenters. The number of hydrogen-bond acceptors (Lipinski definition) is 4. The van der Waals surface area contributed by atoms with Crippen LogP contribution in [0.3, 0.4) is 0 Å². The van der Waals surface area contributed by atoms with Crippen LogP contribution >= 0.6 is 11.8 Å². The van der Waals surface area contributed by atoms with E-state index in [0.717, 1.165) is 5.75 Å². The van der Waals surface area contributed by atoms with E-state index in [-0.39, 0.29) is 5.69 Å². The fraction of sp³-hybridized carbons (Fsp3) is 0.250. The number of rotatable bonds is 3. The fourth-order valence-electron chi connectivity index (χ4n) is 0.953. The fourth-order valence-corrected chi connectivity index (χ4v) is 1.77. The van der Waals surface area contributed by atoms with Crippen molar-refractivity contribution in [1.82, 2.24) is 0 Å². The normalized spacial score (nSPS) is 9.92. The molecule has 0 saturated heterocycles. The summed E-state index contributed by atoms with van der Waals surface area (Å²) in [5.74, 6) is 0.796. The lowest BCUT2D eigenvalue weighted by Crippen LogP contribution is -1.93. The Hall–Kier alpha value is -1.23. The molecule has 0 fully saturated rings. The van der Waals surface area contributed by atoms with Crippen LogP contribution in [0.4, 0.5) is 11.4 Å². The molecule has 0 aliphatic rings.